The predicted molar refractivity (Wildman–Crippen MR) is 92.3 cm³/mol. The Kier molecular flexibility index (Phi) is 5.13. The summed E-state index contributed by atoms with van der Waals surface area (Å²) in [5.41, 5.74) is 1.58. The van der Waals surface area contributed by atoms with Crippen LogP contribution in [0.4, 0.5) is 5.69 Å². The van der Waals surface area contributed by atoms with Gasteiger partial charge in [0, 0.05) is 15.7 Å². The van der Waals surface area contributed by atoms with Crippen LogP contribution in [0.5, 0.6) is 0 Å². The quantitative estimate of drug-likeness (QED) is 0.741. The fourth-order valence-corrected chi connectivity index (χ4v) is 2.71. The average molecular weight is 362 g/mol. The Hall–Kier alpha value is -2.37. The maximum Gasteiger partial charge on any atom is 0.232 e. The molecule has 0 saturated carbocycles. The van der Waals surface area contributed by atoms with E-state index in [1.165, 1.54) is 0 Å². The molecule has 122 valence electrons. The van der Waals surface area contributed by atoms with Crippen LogP contribution in [0.15, 0.2) is 53.1 Å². The summed E-state index contributed by atoms with van der Waals surface area (Å²) >= 11 is 11.8. The Labute approximate surface area is 148 Å². The van der Waals surface area contributed by atoms with Crippen molar-refractivity contribution < 1.29 is 9.32 Å². The van der Waals surface area contributed by atoms with E-state index in [9.17, 15) is 4.79 Å². The topological polar surface area (TPSA) is 68.0 Å². The minimum absolute atomic E-state index is 0.00240. The number of anilines is 1. The SMILES string of the molecule is O=C(Cc1noc(Cc2ccccc2)n1)Nc1cc(Cl)cc(Cl)c1. The first-order valence-corrected chi connectivity index (χ1v) is 7.95. The van der Waals surface area contributed by atoms with Crippen LogP contribution < -0.4 is 5.32 Å². The Morgan fingerprint density at radius 2 is 1.79 bits per heavy atom. The number of halogens is 2. The van der Waals surface area contributed by atoms with E-state index in [4.69, 9.17) is 27.7 Å². The van der Waals surface area contributed by atoms with Crippen LogP contribution in [0.1, 0.15) is 17.3 Å². The summed E-state index contributed by atoms with van der Waals surface area (Å²) in [6.07, 6.45) is 0.530. The van der Waals surface area contributed by atoms with Gasteiger partial charge in [-0.25, -0.2) is 0 Å². The first-order valence-electron chi connectivity index (χ1n) is 7.20. The van der Waals surface area contributed by atoms with Crippen LogP contribution in [0.3, 0.4) is 0 Å². The lowest BCUT2D eigenvalue weighted by atomic mass is 10.1. The summed E-state index contributed by atoms with van der Waals surface area (Å²) in [6, 6.07) is 14.6. The van der Waals surface area contributed by atoms with E-state index >= 15 is 0 Å². The van der Waals surface area contributed by atoms with Crippen LogP contribution in [0.25, 0.3) is 0 Å². The molecule has 1 heterocycles. The van der Waals surface area contributed by atoms with E-state index in [1.54, 1.807) is 18.2 Å². The maximum atomic E-state index is 12.1. The van der Waals surface area contributed by atoms with Crippen molar-refractivity contribution in [2.24, 2.45) is 0 Å². The predicted octanol–water partition coefficient (Wildman–Crippen LogP) is 4.15. The number of carbonyl (C=O) groups is 1. The normalized spacial score (nSPS) is 10.6. The largest absolute Gasteiger partial charge is 0.339 e. The highest BCUT2D eigenvalue weighted by molar-refractivity contribution is 6.35. The number of benzene rings is 2. The molecule has 3 aromatic rings. The molecule has 0 spiro atoms. The van der Waals surface area contributed by atoms with Crippen molar-refractivity contribution >= 4 is 34.8 Å². The molecule has 0 aliphatic rings. The zero-order valence-electron chi connectivity index (χ0n) is 12.5. The van der Waals surface area contributed by atoms with E-state index in [0.717, 1.165) is 5.56 Å². The van der Waals surface area contributed by atoms with E-state index in [-0.39, 0.29) is 12.3 Å². The van der Waals surface area contributed by atoms with Gasteiger partial charge in [-0.3, -0.25) is 4.79 Å². The molecule has 1 aromatic heterocycles. The highest BCUT2D eigenvalue weighted by Gasteiger charge is 2.12. The van der Waals surface area contributed by atoms with Gasteiger partial charge < -0.3 is 9.84 Å². The van der Waals surface area contributed by atoms with E-state index in [2.05, 4.69) is 15.5 Å². The second-order valence-corrected chi connectivity index (χ2v) is 6.02. The maximum absolute atomic E-state index is 12.1. The highest BCUT2D eigenvalue weighted by Crippen LogP contribution is 2.22. The number of amides is 1. The summed E-state index contributed by atoms with van der Waals surface area (Å²) in [7, 11) is 0. The van der Waals surface area contributed by atoms with Crippen LogP contribution in [0, 0.1) is 0 Å². The molecule has 0 radical (unpaired) electrons. The number of nitrogens with one attached hydrogen (secondary N) is 1. The Morgan fingerprint density at radius 3 is 2.50 bits per heavy atom. The molecule has 1 N–H and O–H groups in total. The molecule has 0 bridgehead atoms. The molecule has 1 amide bonds. The first-order chi connectivity index (χ1) is 11.6. The lowest BCUT2D eigenvalue weighted by Gasteiger charge is -2.04. The smallest absolute Gasteiger partial charge is 0.232 e. The van der Waals surface area contributed by atoms with Gasteiger partial charge in [0.2, 0.25) is 11.8 Å². The van der Waals surface area contributed by atoms with Gasteiger partial charge in [0.25, 0.3) is 0 Å². The van der Waals surface area contributed by atoms with Gasteiger partial charge in [-0.15, -0.1) is 0 Å². The summed E-state index contributed by atoms with van der Waals surface area (Å²) in [4.78, 5) is 16.3. The molecule has 0 atom stereocenters. The van der Waals surface area contributed by atoms with Gasteiger partial charge in [0.1, 0.15) is 0 Å². The Balaban J connectivity index is 1.61. The summed E-state index contributed by atoms with van der Waals surface area (Å²) in [5, 5.41) is 7.43. The number of nitrogens with zero attached hydrogens (tertiary/aromatic N) is 2. The zero-order chi connectivity index (χ0) is 16.9. The number of hydrogen-bond donors (Lipinski definition) is 1. The van der Waals surface area contributed by atoms with Crippen molar-refractivity contribution in [3.63, 3.8) is 0 Å². The third-order valence-corrected chi connectivity index (χ3v) is 3.61. The fraction of sp³-hybridized carbons (Fsp3) is 0.118. The lowest BCUT2D eigenvalue weighted by Crippen LogP contribution is -2.15. The molecule has 0 unspecified atom stereocenters. The van der Waals surface area contributed by atoms with Crippen molar-refractivity contribution in [2.75, 3.05) is 5.32 Å². The van der Waals surface area contributed by atoms with Gasteiger partial charge in [-0.2, -0.15) is 4.98 Å². The molecule has 2 aromatic carbocycles. The van der Waals surface area contributed by atoms with Gasteiger partial charge in [0.15, 0.2) is 5.82 Å². The molecule has 24 heavy (non-hydrogen) atoms. The van der Waals surface area contributed by atoms with Gasteiger partial charge >= 0.3 is 0 Å². The van der Waals surface area contributed by atoms with Crippen molar-refractivity contribution in [3.8, 4) is 0 Å². The Morgan fingerprint density at radius 1 is 1.08 bits per heavy atom. The molecule has 0 aliphatic heterocycles. The van der Waals surface area contributed by atoms with Gasteiger partial charge in [-0.1, -0.05) is 58.7 Å². The summed E-state index contributed by atoms with van der Waals surface area (Å²) in [5.74, 6) is 0.516. The zero-order valence-corrected chi connectivity index (χ0v) is 14.0. The third kappa shape index (κ3) is 4.57. The minimum atomic E-state index is -0.277. The van der Waals surface area contributed by atoms with E-state index in [0.29, 0.717) is 33.9 Å². The number of carbonyl (C=O) groups excluding carboxylic acids is 1. The molecule has 0 fully saturated rings. The third-order valence-electron chi connectivity index (χ3n) is 3.17. The molecular formula is C17H13Cl2N3O2. The Bertz CT molecular complexity index is 830. The number of rotatable bonds is 5. The fourth-order valence-electron chi connectivity index (χ4n) is 2.18. The second kappa shape index (κ2) is 7.47. The molecule has 5 nitrogen and oxygen atoms in total. The molecule has 0 saturated heterocycles. The number of hydrogen-bond acceptors (Lipinski definition) is 4. The van der Waals surface area contributed by atoms with Crippen molar-refractivity contribution in [3.05, 3.63) is 75.9 Å². The molecule has 0 aliphatic carbocycles. The summed E-state index contributed by atoms with van der Waals surface area (Å²) < 4.78 is 5.17. The van der Waals surface area contributed by atoms with Crippen LogP contribution in [0.2, 0.25) is 10.0 Å². The lowest BCUT2D eigenvalue weighted by molar-refractivity contribution is -0.115. The molecular weight excluding hydrogens is 349 g/mol. The van der Waals surface area contributed by atoms with Gasteiger partial charge in [0.05, 0.1) is 12.8 Å². The molecule has 7 heteroatoms. The second-order valence-electron chi connectivity index (χ2n) is 5.15. The highest BCUT2D eigenvalue weighted by atomic mass is 35.5. The molecule has 3 rings (SSSR count). The van der Waals surface area contributed by atoms with Crippen LogP contribution >= 0.6 is 23.2 Å². The standard InChI is InChI=1S/C17H13Cl2N3O2/c18-12-7-13(19)9-14(8-12)20-16(23)10-15-21-17(24-22-15)6-11-4-2-1-3-5-11/h1-5,7-9H,6,10H2,(H,20,23). The van der Waals surface area contributed by atoms with E-state index < -0.39 is 0 Å². The summed E-state index contributed by atoms with van der Waals surface area (Å²) in [6.45, 7) is 0. The van der Waals surface area contributed by atoms with Crippen LogP contribution in [-0.4, -0.2) is 16.0 Å². The van der Waals surface area contributed by atoms with Crippen molar-refractivity contribution in [1.82, 2.24) is 10.1 Å². The van der Waals surface area contributed by atoms with Crippen LogP contribution in [-0.2, 0) is 17.6 Å². The monoisotopic (exact) mass is 361 g/mol. The van der Waals surface area contributed by atoms with Gasteiger partial charge in [-0.05, 0) is 23.8 Å². The first kappa shape index (κ1) is 16.5. The van der Waals surface area contributed by atoms with Crippen molar-refractivity contribution in [2.45, 2.75) is 12.8 Å². The van der Waals surface area contributed by atoms with Crippen molar-refractivity contribution in [1.29, 1.82) is 0 Å². The average Bonchev–Trinajstić information content (AvgIpc) is 2.94. The number of aromatic nitrogens is 2. The minimum Gasteiger partial charge on any atom is -0.339 e. The van der Waals surface area contributed by atoms with E-state index in [1.807, 2.05) is 30.3 Å².